The monoisotopic (exact) mass is 293 g/mol. The Balaban J connectivity index is 0.000000232. The summed E-state index contributed by atoms with van der Waals surface area (Å²) in [4.78, 5) is 18.2. The molecule has 0 aromatic heterocycles. The quantitative estimate of drug-likeness (QED) is 0.683. The number of benzene rings is 1. The minimum absolute atomic E-state index is 0.596. The minimum atomic E-state index is -1.82. The van der Waals surface area contributed by atoms with Gasteiger partial charge in [0.15, 0.2) is 0 Å². The summed E-state index contributed by atoms with van der Waals surface area (Å²) in [6, 6.07) is 7.14. The molecule has 2 aliphatic rings. The van der Waals surface area contributed by atoms with Gasteiger partial charge in [0.05, 0.1) is 7.11 Å². The highest BCUT2D eigenvalue weighted by molar-refractivity contribution is 6.27. The van der Waals surface area contributed by atoms with E-state index in [2.05, 4.69) is 23.5 Å². The molecule has 0 spiro atoms. The standard InChI is InChI=1S/C13H17NO.C2H2O4/c1-15-10-4-5-11-12(8-10)9-3-2-6-14-13(11)7-9;3-1(4)2(5)6/h4-5,8-9,13-14H,2-3,6-7H2,1H3;(H,3,4)(H,5,6). The maximum absolute atomic E-state index is 9.10. The van der Waals surface area contributed by atoms with Crippen LogP contribution >= 0.6 is 0 Å². The molecule has 0 amide bonds. The molecule has 1 aromatic rings. The number of fused-ring (bicyclic) bond motifs is 5. The van der Waals surface area contributed by atoms with Gasteiger partial charge < -0.3 is 20.3 Å². The Bertz CT molecular complexity index is 531. The van der Waals surface area contributed by atoms with Gasteiger partial charge in [-0.1, -0.05) is 6.07 Å². The average Bonchev–Trinajstić information content (AvgIpc) is 2.63. The predicted octanol–water partition coefficient (Wildman–Crippen LogP) is 1.76. The first kappa shape index (κ1) is 15.3. The molecule has 1 aliphatic carbocycles. The number of rotatable bonds is 1. The summed E-state index contributed by atoms with van der Waals surface area (Å²) in [5.41, 5.74) is 3.02. The third-order valence-corrected chi connectivity index (χ3v) is 3.93. The SMILES string of the molecule is COc1ccc2c(c1)C1CCCNC2C1.O=C(O)C(=O)O. The second-order valence-electron chi connectivity index (χ2n) is 5.19. The molecule has 1 aliphatic heterocycles. The van der Waals surface area contributed by atoms with Crippen molar-refractivity contribution in [1.29, 1.82) is 0 Å². The van der Waals surface area contributed by atoms with Crippen LogP contribution in [0.2, 0.25) is 0 Å². The first-order valence-corrected chi connectivity index (χ1v) is 6.90. The molecule has 1 saturated heterocycles. The van der Waals surface area contributed by atoms with Crippen LogP contribution in [0.4, 0.5) is 0 Å². The van der Waals surface area contributed by atoms with Gasteiger partial charge in [0.1, 0.15) is 5.75 Å². The zero-order valence-electron chi connectivity index (χ0n) is 11.8. The van der Waals surface area contributed by atoms with Gasteiger partial charge >= 0.3 is 11.9 Å². The minimum Gasteiger partial charge on any atom is -0.497 e. The van der Waals surface area contributed by atoms with E-state index in [0.29, 0.717) is 6.04 Å². The van der Waals surface area contributed by atoms with E-state index in [1.807, 2.05) is 0 Å². The van der Waals surface area contributed by atoms with Gasteiger partial charge in [-0.25, -0.2) is 9.59 Å². The van der Waals surface area contributed by atoms with E-state index < -0.39 is 11.9 Å². The van der Waals surface area contributed by atoms with Gasteiger partial charge in [0, 0.05) is 6.04 Å². The van der Waals surface area contributed by atoms with Crippen LogP contribution in [0.25, 0.3) is 0 Å². The molecule has 0 saturated carbocycles. The highest BCUT2D eigenvalue weighted by Gasteiger charge is 2.32. The highest BCUT2D eigenvalue weighted by atomic mass is 16.5. The molecule has 0 radical (unpaired) electrons. The van der Waals surface area contributed by atoms with Crippen molar-refractivity contribution >= 4 is 11.9 Å². The number of hydrogen-bond donors (Lipinski definition) is 3. The highest BCUT2D eigenvalue weighted by Crippen LogP contribution is 2.45. The third kappa shape index (κ3) is 3.52. The summed E-state index contributed by atoms with van der Waals surface area (Å²) in [6.45, 7) is 1.17. The Morgan fingerprint density at radius 1 is 1.24 bits per heavy atom. The third-order valence-electron chi connectivity index (χ3n) is 3.93. The molecular formula is C15H19NO5. The van der Waals surface area contributed by atoms with Gasteiger partial charge in [-0.3, -0.25) is 0 Å². The van der Waals surface area contributed by atoms with Gasteiger partial charge in [0.25, 0.3) is 0 Å². The lowest BCUT2D eigenvalue weighted by atomic mass is 9.96. The summed E-state index contributed by atoms with van der Waals surface area (Å²) in [6.07, 6.45) is 3.91. The van der Waals surface area contributed by atoms with Crippen molar-refractivity contribution in [2.45, 2.75) is 31.2 Å². The topological polar surface area (TPSA) is 95.9 Å². The van der Waals surface area contributed by atoms with Crippen LogP contribution < -0.4 is 10.1 Å². The van der Waals surface area contributed by atoms with Crippen LogP contribution in [-0.4, -0.2) is 35.8 Å². The van der Waals surface area contributed by atoms with Crippen LogP contribution in [0.3, 0.4) is 0 Å². The summed E-state index contributed by atoms with van der Waals surface area (Å²) in [5.74, 6) is -1.89. The molecule has 6 heteroatoms. The van der Waals surface area contributed by atoms with E-state index in [4.69, 9.17) is 24.5 Å². The fourth-order valence-corrected chi connectivity index (χ4v) is 2.98. The maximum Gasteiger partial charge on any atom is 0.414 e. The normalized spacial score (nSPS) is 22.3. The van der Waals surface area contributed by atoms with Crippen molar-refractivity contribution in [3.8, 4) is 5.75 Å². The van der Waals surface area contributed by atoms with Crippen LogP contribution in [0.15, 0.2) is 18.2 Å². The molecule has 1 fully saturated rings. The van der Waals surface area contributed by atoms with Gasteiger partial charge in [-0.05, 0) is 55.0 Å². The number of aliphatic carboxylic acids is 2. The molecule has 2 bridgehead atoms. The summed E-state index contributed by atoms with van der Waals surface area (Å²) in [7, 11) is 1.74. The Labute approximate surface area is 122 Å². The van der Waals surface area contributed by atoms with Crippen molar-refractivity contribution in [2.75, 3.05) is 13.7 Å². The number of methoxy groups -OCH3 is 1. The molecule has 1 heterocycles. The van der Waals surface area contributed by atoms with Gasteiger partial charge in [-0.2, -0.15) is 0 Å². The summed E-state index contributed by atoms with van der Waals surface area (Å²) >= 11 is 0. The number of nitrogens with one attached hydrogen (secondary N) is 1. The smallest absolute Gasteiger partial charge is 0.414 e. The van der Waals surface area contributed by atoms with Crippen molar-refractivity contribution < 1.29 is 24.5 Å². The van der Waals surface area contributed by atoms with Crippen LogP contribution in [-0.2, 0) is 9.59 Å². The molecule has 1 aromatic carbocycles. The second-order valence-corrected chi connectivity index (χ2v) is 5.19. The zero-order chi connectivity index (χ0) is 15.4. The Morgan fingerprint density at radius 3 is 2.57 bits per heavy atom. The molecule has 3 rings (SSSR count). The van der Waals surface area contributed by atoms with Crippen LogP contribution in [0, 0.1) is 0 Å². The first-order valence-electron chi connectivity index (χ1n) is 6.90. The van der Waals surface area contributed by atoms with Crippen molar-refractivity contribution in [2.24, 2.45) is 0 Å². The Kier molecular flexibility index (Phi) is 4.80. The fraction of sp³-hybridized carbons (Fsp3) is 0.467. The number of carboxylic acids is 2. The summed E-state index contributed by atoms with van der Waals surface area (Å²) < 4.78 is 5.30. The second kappa shape index (κ2) is 6.58. The maximum atomic E-state index is 9.10. The van der Waals surface area contributed by atoms with Crippen molar-refractivity contribution in [3.05, 3.63) is 29.3 Å². The summed E-state index contributed by atoms with van der Waals surface area (Å²) in [5, 5.41) is 18.4. The van der Waals surface area contributed by atoms with Crippen LogP contribution in [0.1, 0.15) is 42.3 Å². The lowest BCUT2D eigenvalue weighted by Gasteiger charge is -2.15. The molecule has 3 N–H and O–H groups in total. The lowest BCUT2D eigenvalue weighted by Crippen LogP contribution is -2.19. The predicted molar refractivity (Wildman–Crippen MR) is 75.6 cm³/mol. The van der Waals surface area contributed by atoms with Crippen molar-refractivity contribution in [1.82, 2.24) is 5.32 Å². The van der Waals surface area contributed by atoms with Crippen LogP contribution in [0.5, 0.6) is 5.75 Å². The van der Waals surface area contributed by atoms with E-state index >= 15 is 0 Å². The Hall–Kier alpha value is -2.08. The van der Waals surface area contributed by atoms with E-state index in [-0.39, 0.29) is 0 Å². The number of ether oxygens (including phenoxy) is 1. The molecule has 21 heavy (non-hydrogen) atoms. The van der Waals surface area contributed by atoms with Gasteiger partial charge in [0.2, 0.25) is 0 Å². The lowest BCUT2D eigenvalue weighted by molar-refractivity contribution is -0.159. The van der Waals surface area contributed by atoms with Crippen molar-refractivity contribution in [3.63, 3.8) is 0 Å². The molecule has 2 unspecified atom stereocenters. The fourth-order valence-electron chi connectivity index (χ4n) is 2.98. The molecule has 114 valence electrons. The van der Waals surface area contributed by atoms with E-state index in [1.54, 1.807) is 7.11 Å². The molecule has 6 nitrogen and oxygen atoms in total. The van der Waals surface area contributed by atoms with E-state index in [0.717, 1.165) is 11.7 Å². The average molecular weight is 293 g/mol. The largest absolute Gasteiger partial charge is 0.497 e. The van der Waals surface area contributed by atoms with E-state index in [9.17, 15) is 0 Å². The Morgan fingerprint density at radius 2 is 1.95 bits per heavy atom. The number of hydrogen-bond acceptors (Lipinski definition) is 4. The zero-order valence-corrected chi connectivity index (χ0v) is 11.8. The number of carboxylic acid groups (broad SMARTS) is 2. The molecule has 2 atom stereocenters. The number of carbonyl (C=O) groups is 2. The molecular weight excluding hydrogens is 274 g/mol. The van der Waals surface area contributed by atoms with Gasteiger partial charge in [-0.15, -0.1) is 0 Å². The van der Waals surface area contributed by atoms with E-state index in [1.165, 1.54) is 36.9 Å². The first-order chi connectivity index (χ1) is 10.0.